The van der Waals surface area contributed by atoms with Gasteiger partial charge < -0.3 is 20.1 Å². The molecule has 2 heterocycles. The molecule has 0 bridgehead atoms. The van der Waals surface area contributed by atoms with Crippen molar-refractivity contribution in [3.8, 4) is 0 Å². The first-order valence-electron chi connectivity index (χ1n) is 6.08. The van der Waals surface area contributed by atoms with E-state index in [0.29, 0.717) is 10.8 Å². The highest BCUT2D eigenvalue weighted by atomic mass is 19.1. The van der Waals surface area contributed by atoms with Gasteiger partial charge in [-0.1, -0.05) is 5.11 Å². The van der Waals surface area contributed by atoms with E-state index in [1.165, 1.54) is 0 Å². The Kier molecular flexibility index (Phi) is 4.59. The summed E-state index contributed by atoms with van der Waals surface area (Å²) < 4.78 is 19.0. The molecule has 1 aromatic heterocycles. The third-order valence-corrected chi connectivity index (χ3v) is 3.25. The molecule has 1 fully saturated rings. The van der Waals surface area contributed by atoms with Gasteiger partial charge in [0.15, 0.2) is 6.23 Å². The fourth-order valence-corrected chi connectivity index (χ4v) is 2.16. The lowest BCUT2D eigenvalue weighted by Gasteiger charge is -2.40. The van der Waals surface area contributed by atoms with Crippen LogP contribution in [0.3, 0.4) is 0 Å². The fraction of sp³-hybridized carbons (Fsp3) is 0.600. The van der Waals surface area contributed by atoms with Gasteiger partial charge in [-0.25, -0.2) is 4.79 Å². The largest absolute Gasteiger partial charge is 0.394 e. The van der Waals surface area contributed by atoms with Crippen LogP contribution >= 0.6 is 0 Å². The molecular weight excluding hydrogens is 305 g/mol. The maximum atomic E-state index is 13.3. The van der Waals surface area contributed by atoms with Gasteiger partial charge in [0.05, 0.1) is 24.9 Å². The number of halogens is 1. The number of aliphatic hydroxyl groups excluding tert-OH is 3. The van der Waals surface area contributed by atoms with Gasteiger partial charge in [0, 0.05) is 4.91 Å². The summed E-state index contributed by atoms with van der Waals surface area (Å²) in [6, 6.07) is -1.44. The summed E-state index contributed by atoms with van der Waals surface area (Å²) in [5, 5.41) is 32.3. The van der Waals surface area contributed by atoms with E-state index in [1.54, 1.807) is 4.98 Å². The number of aromatic nitrogens is 2. The van der Waals surface area contributed by atoms with Gasteiger partial charge in [-0.05, 0) is 5.53 Å². The van der Waals surface area contributed by atoms with Crippen molar-refractivity contribution in [2.45, 2.75) is 30.6 Å². The Bertz CT molecular complexity index is 712. The molecule has 0 unspecified atom stereocenters. The Morgan fingerprint density at radius 3 is 2.73 bits per heavy atom. The summed E-state index contributed by atoms with van der Waals surface area (Å²) in [7, 11) is 0. The highest BCUT2D eigenvalue weighted by Crippen LogP contribution is 2.29. The third-order valence-electron chi connectivity index (χ3n) is 3.25. The van der Waals surface area contributed by atoms with E-state index in [0.717, 1.165) is 0 Å². The number of nitrogens with zero attached hydrogens (tertiary/aromatic N) is 4. The van der Waals surface area contributed by atoms with E-state index < -0.39 is 54.3 Å². The molecule has 0 aliphatic carbocycles. The number of azide groups is 1. The summed E-state index contributed by atoms with van der Waals surface area (Å²) in [6.45, 7) is -0.706. The van der Waals surface area contributed by atoms with Crippen molar-refractivity contribution in [3.63, 3.8) is 0 Å². The molecule has 0 aromatic carbocycles. The van der Waals surface area contributed by atoms with Crippen molar-refractivity contribution in [1.29, 1.82) is 0 Å². The molecular formula is C10H12FN5O6. The summed E-state index contributed by atoms with van der Waals surface area (Å²) in [5.41, 5.74) is 6.13. The number of rotatable bonds is 3. The van der Waals surface area contributed by atoms with Crippen LogP contribution in [0, 0.1) is 5.82 Å². The molecule has 22 heavy (non-hydrogen) atoms. The quantitative estimate of drug-likeness (QED) is 0.284. The van der Waals surface area contributed by atoms with Crippen LogP contribution in [0.15, 0.2) is 20.9 Å². The molecule has 0 amide bonds. The van der Waals surface area contributed by atoms with Crippen molar-refractivity contribution in [1.82, 2.24) is 9.55 Å². The topological polar surface area (TPSA) is 174 Å². The second kappa shape index (κ2) is 6.25. The summed E-state index contributed by atoms with van der Waals surface area (Å²) >= 11 is 0. The molecule has 0 radical (unpaired) electrons. The summed E-state index contributed by atoms with van der Waals surface area (Å²) in [5.74, 6) is -1.30. The van der Waals surface area contributed by atoms with Gasteiger partial charge in [-0.2, -0.15) is 4.39 Å². The van der Waals surface area contributed by atoms with Crippen molar-refractivity contribution in [3.05, 3.63) is 43.3 Å². The third kappa shape index (κ3) is 2.73. The van der Waals surface area contributed by atoms with E-state index in [9.17, 15) is 24.2 Å². The zero-order valence-corrected chi connectivity index (χ0v) is 10.9. The smallest absolute Gasteiger partial charge is 0.330 e. The van der Waals surface area contributed by atoms with Crippen LogP contribution in [0.5, 0.6) is 0 Å². The number of ether oxygens (including phenoxy) is 1. The molecule has 120 valence electrons. The minimum absolute atomic E-state index is 0.508. The number of aliphatic hydroxyl groups is 3. The first-order chi connectivity index (χ1) is 10.4. The zero-order valence-electron chi connectivity index (χ0n) is 10.9. The molecule has 4 N–H and O–H groups in total. The Balaban J connectivity index is 2.49. The molecule has 1 aromatic rings. The van der Waals surface area contributed by atoms with Crippen molar-refractivity contribution in [2.75, 3.05) is 6.61 Å². The number of H-pyrrole nitrogens is 1. The van der Waals surface area contributed by atoms with Crippen LogP contribution in [-0.2, 0) is 4.74 Å². The van der Waals surface area contributed by atoms with Crippen LogP contribution in [0.25, 0.3) is 10.4 Å². The van der Waals surface area contributed by atoms with Gasteiger partial charge in [0.25, 0.3) is 5.56 Å². The molecule has 0 saturated carbocycles. The van der Waals surface area contributed by atoms with Gasteiger partial charge in [0.2, 0.25) is 5.82 Å². The van der Waals surface area contributed by atoms with E-state index in [-0.39, 0.29) is 0 Å². The average Bonchev–Trinajstić information content (AvgIpc) is 2.48. The van der Waals surface area contributed by atoms with Crippen molar-refractivity contribution in [2.24, 2.45) is 5.11 Å². The SMILES string of the molecule is [N-]=[N+]=N[C@@H]1[C@@H](O)[C@H](n2cc(F)c(=O)[nH]c2=O)O[C@H](CO)[C@H]1O. The zero-order chi connectivity index (χ0) is 16.4. The summed E-state index contributed by atoms with van der Waals surface area (Å²) in [4.78, 5) is 26.8. The molecule has 11 nitrogen and oxygen atoms in total. The Morgan fingerprint density at radius 1 is 1.45 bits per heavy atom. The van der Waals surface area contributed by atoms with Crippen LogP contribution in [0.1, 0.15) is 6.23 Å². The Morgan fingerprint density at radius 2 is 2.14 bits per heavy atom. The number of aromatic amines is 1. The lowest BCUT2D eigenvalue weighted by atomic mass is 9.96. The van der Waals surface area contributed by atoms with E-state index >= 15 is 0 Å². The number of hydrogen-bond donors (Lipinski definition) is 4. The molecule has 5 atom stereocenters. The predicted molar refractivity (Wildman–Crippen MR) is 67.2 cm³/mol. The highest BCUT2D eigenvalue weighted by molar-refractivity contribution is 4.98. The van der Waals surface area contributed by atoms with Gasteiger partial charge in [0.1, 0.15) is 12.2 Å². The highest BCUT2D eigenvalue weighted by Gasteiger charge is 2.45. The van der Waals surface area contributed by atoms with Crippen LogP contribution in [0.2, 0.25) is 0 Å². The molecule has 12 heteroatoms. The normalized spacial score (nSPS) is 31.5. The van der Waals surface area contributed by atoms with E-state index in [4.69, 9.17) is 15.4 Å². The molecule has 1 aliphatic rings. The minimum Gasteiger partial charge on any atom is -0.394 e. The second-order valence-corrected chi connectivity index (χ2v) is 4.57. The molecule has 1 aliphatic heterocycles. The first-order valence-corrected chi connectivity index (χ1v) is 6.08. The van der Waals surface area contributed by atoms with Crippen molar-refractivity contribution < 1.29 is 24.4 Å². The second-order valence-electron chi connectivity index (χ2n) is 4.57. The lowest BCUT2D eigenvalue weighted by molar-refractivity contribution is -0.216. The standard InChI is InChI=1S/C10H12FN5O6/c11-3-1-16(10(21)13-8(3)20)9-7(19)5(14-15-12)6(18)4(2-17)22-9/h1,4-7,9,17-19H,2H2,(H,13,20,21)/t4-,5+,6-,7-,9-/m1/s1. The maximum absolute atomic E-state index is 13.3. The molecule has 0 spiro atoms. The van der Waals surface area contributed by atoms with Crippen LogP contribution in [0.4, 0.5) is 4.39 Å². The van der Waals surface area contributed by atoms with Crippen molar-refractivity contribution >= 4 is 0 Å². The predicted octanol–water partition coefficient (Wildman–Crippen LogP) is -2.03. The maximum Gasteiger partial charge on any atom is 0.330 e. The van der Waals surface area contributed by atoms with E-state index in [2.05, 4.69) is 10.0 Å². The lowest BCUT2D eigenvalue weighted by Crippen LogP contribution is -2.57. The van der Waals surface area contributed by atoms with Gasteiger partial charge >= 0.3 is 5.69 Å². The Hall–Kier alpha value is -2.24. The van der Waals surface area contributed by atoms with Gasteiger partial charge in [-0.15, -0.1) is 0 Å². The first kappa shape index (κ1) is 16.1. The minimum atomic E-state index is -1.71. The molecule has 2 rings (SSSR count). The van der Waals surface area contributed by atoms with Crippen LogP contribution in [-0.4, -0.2) is 55.8 Å². The summed E-state index contributed by atoms with van der Waals surface area (Å²) in [6.07, 6.45) is -5.60. The van der Waals surface area contributed by atoms with E-state index in [1.807, 2.05) is 0 Å². The number of nitrogens with one attached hydrogen (secondary N) is 1. The number of hydrogen-bond acceptors (Lipinski definition) is 7. The fourth-order valence-electron chi connectivity index (χ4n) is 2.16. The van der Waals surface area contributed by atoms with Gasteiger partial charge in [-0.3, -0.25) is 14.3 Å². The Labute approximate surface area is 120 Å². The van der Waals surface area contributed by atoms with Crippen LogP contribution < -0.4 is 11.2 Å². The average molecular weight is 317 g/mol. The molecule has 1 saturated heterocycles. The monoisotopic (exact) mass is 317 g/mol.